The van der Waals surface area contributed by atoms with Gasteiger partial charge in [-0.1, -0.05) is 17.7 Å². The van der Waals surface area contributed by atoms with E-state index in [9.17, 15) is 35.2 Å². The molecule has 2 N–H and O–H groups in total. The zero-order chi connectivity index (χ0) is 24.8. The number of nitrogens with zero attached hydrogens (tertiary/aromatic N) is 1. The van der Waals surface area contributed by atoms with E-state index in [1.807, 2.05) is 0 Å². The second kappa shape index (κ2) is 8.44. The molecule has 3 aromatic carbocycles. The zero-order valence-corrected chi connectivity index (χ0v) is 18.3. The first-order valence-corrected chi connectivity index (χ1v) is 11.3. The Hall–Kier alpha value is -3.38. The topological polar surface area (TPSA) is 84.0 Å². The normalized spacial score (nSPS) is 12.3. The first-order valence-electron chi connectivity index (χ1n) is 9.41. The minimum atomic E-state index is -5.09. The third-order valence-electron chi connectivity index (χ3n) is 4.92. The van der Waals surface area contributed by atoms with E-state index < -0.39 is 43.9 Å². The molecule has 13 heteroatoms. The van der Waals surface area contributed by atoms with Gasteiger partial charge in [-0.05, 0) is 54.1 Å². The molecule has 0 atom stereocenters. The Morgan fingerprint density at radius 3 is 2.41 bits per heavy atom. The van der Waals surface area contributed by atoms with Gasteiger partial charge in [0.15, 0.2) is 0 Å². The van der Waals surface area contributed by atoms with Crippen LogP contribution in [0.25, 0.3) is 10.9 Å². The van der Waals surface area contributed by atoms with E-state index in [1.54, 1.807) is 0 Å². The number of aromatic amines is 1. The Morgan fingerprint density at radius 1 is 1.00 bits per heavy atom. The number of fused-ring (bicyclic) bond motifs is 1. The SMILES string of the molecule is O=c1[nH]n(Cc2ccc(F)cc2Cl)c2ccc(NS(=O)(=O)c3ccc(F)c(C(F)(F)F)c3)cc12. The van der Waals surface area contributed by atoms with Gasteiger partial charge >= 0.3 is 6.18 Å². The van der Waals surface area contributed by atoms with Crippen LogP contribution in [0.1, 0.15) is 11.1 Å². The van der Waals surface area contributed by atoms with Gasteiger partial charge in [-0.2, -0.15) is 13.2 Å². The fourth-order valence-corrected chi connectivity index (χ4v) is 4.61. The molecule has 34 heavy (non-hydrogen) atoms. The van der Waals surface area contributed by atoms with Gasteiger partial charge in [0.05, 0.1) is 27.9 Å². The first-order chi connectivity index (χ1) is 15.8. The number of anilines is 1. The molecule has 0 aliphatic heterocycles. The van der Waals surface area contributed by atoms with Crippen LogP contribution in [0.15, 0.2) is 64.3 Å². The summed E-state index contributed by atoms with van der Waals surface area (Å²) in [5.41, 5.74) is -1.52. The van der Waals surface area contributed by atoms with Crippen LogP contribution in [-0.2, 0) is 22.7 Å². The lowest BCUT2D eigenvalue weighted by Gasteiger charge is -2.12. The average molecular weight is 518 g/mol. The fraction of sp³-hybridized carbons (Fsp3) is 0.0952. The fourth-order valence-electron chi connectivity index (χ4n) is 3.31. The molecule has 0 aliphatic rings. The summed E-state index contributed by atoms with van der Waals surface area (Å²) in [6.45, 7) is 0.0821. The van der Waals surface area contributed by atoms with Crippen LogP contribution in [0.4, 0.5) is 27.6 Å². The van der Waals surface area contributed by atoms with Gasteiger partial charge in [-0.25, -0.2) is 17.2 Å². The third-order valence-corrected chi connectivity index (χ3v) is 6.65. The molecule has 0 unspecified atom stereocenters. The van der Waals surface area contributed by atoms with Gasteiger partial charge in [-0.15, -0.1) is 0 Å². The van der Waals surface area contributed by atoms with Crippen molar-refractivity contribution in [2.75, 3.05) is 4.72 Å². The van der Waals surface area contributed by atoms with Crippen molar-refractivity contribution >= 4 is 38.2 Å². The number of hydrogen-bond acceptors (Lipinski definition) is 3. The second-order valence-corrected chi connectivity index (χ2v) is 9.33. The summed E-state index contributed by atoms with van der Waals surface area (Å²) in [7, 11) is -4.53. The summed E-state index contributed by atoms with van der Waals surface area (Å²) in [5.74, 6) is -2.14. The van der Waals surface area contributed by atoms with Crippen molar-refractivity contribution in [1.82, 2.24) is 9.78 Å². The molecule has 1 heterocycles. The number of hydrogen-bond donors (Lipinski definition) is 2. The van der Waals surface area contributed by atoms with Crippen molar-refractivity contribution in [1.29, 1.82) is 0 Å². The Bertz CT molecular complexity index is 1580. The van der Waals surface area contributed by atoms with Crippen LogP contribution in [0.2, 0.25) is 5.02 Å². The molecule has 0 aliphatic carbocycles. The average Bonchev–Trinajstić information content (AvgIpc) is 3.04. The maximum atomic E-state index is 13.5. The van der Waals surface area contributed by atoms with Crippen molar-refractivity contribution in [3.8, 4) is 0 Å². The van der Waals surface area contributed by atoms with Crippen LogP contribution in [0, 0.1) is 11.6 Å². The van der Waals surface area contributed by atoms with Crippen molar-refractivity contribution in [3.63, 3.8) is 0 Å². The van der Waals surface area contributed by atoms with Crippen molar-refractivity contribution in [2.45, 2.75) is 17.6 Å². The van der Waals surface area contributed by atoms with Gasteiger partial charge < -0.3 is 0 Å². The molecule has 0 bridgehead atoms. The van der Waals surface area contributed by atoms with E-state index in [-0.39, 0.29) is 28.7 Å². The summed E-state index contributed by atoms with van der Waals surface area (Å²) in [5, 5.41) is 2.78. The predicted molar refractivity (Wildman–Crippen MR) is 115 cm³/mol. The number of halogens is 6. The summed E-state index contributed by atoms with van der Waals surface area (Å²) >= 11 is 6.03. The Balaban J connectivity index is 1.66. The minimum absolute atomic E-state index is 0.0773. The van der Waals surface area contributed by atoms with Gasteiger partial charge in [0.25, 0.3) is 15.6 Å². The number of aromatic nitrogens is 2. The van der Waals surface area contributed by atoms with Crippen LogP contribution in [0.5, 0.6) is 0 Å². The molecule has 0 saturated heterocycles. The highest BCUT2D eigenvalue weighted by Crippen LogP contribution is 2.33. The van der Waals surface area contributed by atoms with Crippen LogP contribution >= 0.6 is 11.6 Å². The van der Waals surface area contributed by atoms with Gasteiger partial charge in [0.1, 0.15) is 11.6 Å². The maximum Gasteiger partial charge on any atom is 0.419 e. The Labute approximate surface area is 193 Å². The number of benzene rings is 3. The van der Waals surface area contributed by atoms with Crippen LogP contribution in [0.3, 0.4) is 0 Å². The quantitative estimate of drug-likeness (QED) is 0.360. The first kappa shape index (κ1) is 23.8. The molecule has 0 amide bonds. The van der Waals surface area contributed by atoms with Crippen LogP contribution < -0.4 is 10.3 Å². The summed E-state index contributed by atoms with van der Waals surface area (Å²) in [6, 6.07) is 8.97. The van der Waals surface area contributed by atoms with Crippen LogP contribution in [-0.4, -0.2) is 18.2 Å². The molecule has 1 aromatic heterocycles. The summed E-state index contributed by atoms with van der Waals surface area (Å²) in [4.78, 5) is 11.6. The highest BCUT2D eigenvalue weighted by atomic mass is 35.5. The molecule has 0 saturated carbocycles. The zero-order valence-electron chi connectivity index (χ0n) is 16.8. The predicted octanol–water partition coefficient (Wildman–Crippen LogP) is 5.13. The largest absolute Gasteiger partial charge is 0.419 e. The lowest BCUT2D eigenvalue weighted by Crippen LogP contribution is -2.16. The van der Waals surface area contributed by atoms with E-state index >= 15 is 0 Å². The Morgan fingerprint density at radius 2 is 1.74 bits per heavy atom. The minimum Gasteiger partial charge on any atom is -0.280 e. The molecular weight excluding hydrogens is 505 g/mol. The van der Waals surface area contributed by atoms with E-state index in [0.29, 0.717) is 23.2 Å². The lowest BCUT2D eigenvalue weighted by molar-refractivity contribution is -0.140. The van der Waals surface area contributed by atoms with Crippen molar-refractivity contribution in [2.24, 2.45) is 0 Å². The summed E-state index contributed by atoms with van der Waals surface area (Å²) < 4.78 is 94.3. The number of alkyl halides is 3. The van der Waals surface area contributed by atoms with E-state index in [2.05, 4.69) is 9.82 Å². The molecule has 4 aromatic rings. The molecule has 6 nitrogen and oxygen atoms in total. The second-order valence-electron chi connectivity index (χ2n) is 7.24. The third kappa shape index (κ3) is 4.64. The maximum absolute atomic E-state index is 13.5. The van der Waals surface area contributed by atoms with Gasteiger partial charge in [-0.3, -0.25) is 19.3 Å². The molecule has 0 radical (unpaired) electrons. The number of nitrogens with one attached hydrogen (secondary N) is 2. The molecule has 178 valence electrons. The number of sulfonamides is 1. The summed E-state index contributed by atoms with van der Waals surface area (Å²) in [6.07, 6.45) is -5.09. The number of H-pyrrole nitrogens is 1. The van der Waals surface area contributed by atoms with Crippen molar-refractivity contribution < 1.29 is 30.4 Å². The Kier molecular flexibility index (Phi) is 5.90. The molecule has 0 spiro atoms. The molecule has 4 rings (SSSR count). The standard InChI is InChI=1S/C21H13ClF5N3O3S/c22-17-7-12(23)2-1-11(17)10-30-19-6-3-13(8-15(19)20(31)28-30)29-34(32,33)14-4-5-18(24)16(9-14)21(25,26)27/h1-9,29H,10H2,(H,28,31). The highest BCUT2D eigenvalue weighted by molar-refractivity contribution is 7.92. The number of rotatable bonds is 5. The lowest BCUT2D eigenvalue weighted by atomic mass is 10.2. The van der Waals surface area contributed by atoms with Crippen molar-refractivity contribution in [3.05, 3.63) is 92.7 Å². The van der Waals surface area contributed by atoms with Gasteiger partial charge in [0.2, 0.25) is 0 Å². The smallest absolute Gasteiger partial charge is 0.280 e. The highest BCUT2D eigenvalue weighted by Gasteiger charge is 2.35. The molecular formula is C21H13ClF5N3O3S. The van der Waals surface area contributed by atoms with Gasteiger partial charge in [0, 0.05) is 10.7 Å². The van der Waals surface area contributed by atoms with E-state index in [1.165, 1.54) is 35.0 Å². The van der Waals surface area contributed by atoms with E-state index in [4.69, 9.17) is 11.6 Å². The monoisotopic (exact) mass is 517 g/mol. The van der Waals surface area contributed by atoms with E-state index in [0.717, 1.165) is 6.07 Å². The molecule has 0 fully saturated rings.